The van der Waals surface area contributed by atoms with E-state index < -0.39 is 40.9 Å². The Morgan fingerprint density at radius 3 is 2.38 bits per heavy atom. The van der Waals surface area contributed by atoms with Gasteiger partial charge in [0, 0.05) is 17.8 Å². The largest absolute Gasteiger partial charge is 0.477 e. The van der Waals surface area contributed by atoms with Gasteiger partial charge in [0.2, 0.25) is 0 Å². The van der Waals surface area contributed by atoms with Crippen LogP contribution in [0.5, 0.6) is 0 Å². The van der Waals surface area contributed by atoms with Gasteiger partial charge in [-0.2, -0.15) is 13.2 Å². The smallest absolute Gasteiger partial charge is 0.405 e. The molecular weight excluding hydrogens is 293 g/mol. The second-order valence-electron chi connectivity index (χ2n) is 4.60. The molecule has 0 radical (unpaired) electrons. The zero-order valence-electron chi connectivity index (χ0n) is 11.2. The quantitative estimate of drug-likeness (QED) is 0.667. The standard InChI is InChI=1S/C12H13F3N2O4/c1-7(2)16(6-12(13,14)15)8-3-4-10(17(20)21)9(5-8)11(18)19/h3-5,7H,6H2,1-2H3,(H,18,19). The third-order valence-corrected chi connectivity index (χ3v) is 2.71. The Kier molecular flexibility index (Phi) is 4.77. The topological polar surface area (TPSA) is 83.7 Å². The summed E-state index contributed by atoms with van der Waals surface area (Å²) in [5, 5.41) is 19.7. The van der Waals surface area contributed by atoms with Crippen LogP contribution >= 0.6 is 0 Å². The SMILES string of the molecule is CC(C)N(CC(F)(F)F)c1ccc([N+](=O)[O-])c(C(=O)O)c1. The second kappa shape index (κ2) is 5.98. The minimum absolute atomic E-state index is 0.0367. The van der Waals surface area contributed by atoms with Gasteiger partial charge < -0.3 is 10.0 Å². The zero-order chi connectivity index (χ0) is 16.4. The summed E-state index contributed by atoms with van der Waals surface area (Å²) in [4.78, 5) is 21.8. The van der Waals surface area contributed by atoms with E-state index in [0.29, 0.717) is 0 Å². The van der Waals surface area contributed by atoms with E-state index in [-0.39, 0.29) is 5.69 Å². The summed E-state index contributed by atoms with van der Waals surface area (Å²) in [7, 11) is 0. The molecule has 0 atom stereocenters. The molecule has 0 aliphatic carbocycles. The lowest BCUT2D eigenvalue weighted by atomic mass is 10.1. The van der Waals surface area contributed by atoms with Crippen molar-refractivity contribution in [2.45, 2.75) is 26.1 Å². The number of hydrogen-bond acceptors (Lipinski definition) is 4. The Balaban J connectivity index is 3.31. The van der Waals surface area contributed by atoms with Gasteiger partial charge in [-0.25, -0.2) is 4.79 Å². The molecule has 0 saturated heterocycles. The van der Waals surface area contributed by atoms with Crippen molar-refractivity contribution in [2.75, 3.05) is 11.4 Å². The first-order chi connectivity index (χ1) is 9.53. The number of nitrogens with zero attached hydrogens (tertiary/aromatic N) is 2. The molecule has 1 aromatic carbocycles. The van der Waals surface area contributed by atoms with Crippen LogP contribution in [0.2, 0.25) is 0 Å². The highest BCUT2D eigenvalue weighted by Gasteiger charge is 2.33. The Labute approximate surface area is 117 Å². The summed E-state index contributed by atoms with van der Waals surface area (Å²) in [6.07, 6.45) is -4.48. The van der Waals surface area contributed by atoms with Crippen LogP contribution in [0.25, 0.3) is 0 Å². The van der Waals surface area contributed by atoms with Crippen LogP contribution in [-0.4, -0.2) is 34.8 Å². The average molecular weight is 306 g/mol. The van der Waals surface area contributed by atoms with Crippen LogP contribution in [0.15, 0.2) is 18.2 Å². The predicted molar refractivity (Wildman–Crippen MR) is 68.6 cm³/mol. The lowest BCUT2D eigenvalue weighted by molar-refractivity contribution is -0.385. The van der Waals surface area contributed by atoms with Crippen molar-refractivity contribution in [1.29, 1.82) is 0 Å². The van der Waals surface area contributed by atoms with Gasteiger partial charge in [0.05, 0.1) is 4.92 Å². The summed E-state index contributed by atoms with van der Waals surface area (Å²) < 4.78 is 37.7. The van der Waals surface area contributed by atoms with E-state index in [9.17, 15) is 28.1 Å². The maximum absolute atomic E-state index is 12.6. The number of hydrogen-bond donors (Lipinski definition) is 1. The van der Waals surface area contributed by atoms with Gasteiger partial charge in [0.25, 0.3) is 5.69 Å². The molecule has 1 aromatic rings. The van der Waals surface area contributed by atoms with E-state index in [1.165, 1.54) is 13.8 Å². The van der Waals surface area contributed by atoms with Crippen molar-refractivity contribution < 1.29 is 28.0 Å². The zero-order valence-corrected chi connectivity index (χ0v) is 11.2. The molecule has 116 valence electrons. The van der Waals surface area contributed by atoms with E-state index in [1.807, 2.05) is 0 Å². The molecule has 0 aromatic heterocycles. The molecule has 0 aliphatic rings. The number of aromatic carboxylic acids is 1. The first-order valence-corrected chi connectivity index (χ1v) is 5.88. The summed E-state index contributed by atoms with van der Waals surface area (Å²) in [6, 6.07) is 2.32. The molecule has 0 fully saturated rings. The van der Waals surface area contributed by atoms with Crippen molar-refractivity contribution >= 4 is 17.3 Å². The summed E-state index contributed by atoms with van der Waals surface area (Å²) in [6.45, 7) is 1.74. The summed E-state index contributed by atoms with van der Waals surface area (Å²) in [5.74, 6) is -1.57. The minimum atomic E-state index is -4.48. The molecular formula is C12H13F3N2O4. The highest BCUT2D eigenvalue weighted by Crippen LogP contribution is 2.29. The Hall–Kier alpha value is -2.32. The first-order valence-electron chi connectivity index (χ1n) is 5.88. The highest BCUT2D eigenvalue weighted by molar-refractivity contribution is 5.93. The van der Waals surface area contributed by atoms with Crippen molar-refractivity contribution in [3.63, 3.8) is 0 Å². The van der Waals surface area contributed by atoms with Crippen LogP contribution in [0.4, 0.5) is 24.5 Å². The van der Waals surface area contributed by atoms with Gasteiger partial charge >= 0.3 is 12.1 Å². The van der Waals surface area contributed by atoms with E-state index in [1.54, 1.807) is 0 Å². The van der Waals surface area contributed by atoms with Crippen molar-refractivity contribution in [3.05, 3.63) is 33.9 Å². The van der Waals surface area contributed by atoms with E-state index in [4.69, 9.17) is 5.11 Å². The fourth-order valence-electron chi connectivity index (χ4n) is 1.80. The molecule has 0 amide bonds. The predicted octanol–water partition coefficient (Wildman–Crippen LogP) is 3.07. The molecule has 9 heteroatoms. The Bertz CT molecular complexity index is 558. The van der Waals surface area contributed by atoms with Crippen LogP contribution in [-0.2, 0) is 0 Å². The number of nitro benzene ring substituents is 1. The number of anilines is 1. The van der Waals surface area contributed by atoms with Crippen molar-refractivity contribution in [1.82, 2.24) is 0 Å². The molecule has 0 heterocycles. The highest BCUT2D eigenvalue weighted by atomic mass is 19.4. The normalized spacial score (nSPS) is 11.5. The van der Waals surface area contributed by atoms with E-state index >= 15 is 0 Å². The lowest BCUT2D eigenvalue weighted by Crippen LogP contribution is -2.39. The number of carboxylic acid groups (broad SMARTS) is 1. The van der Waals surface area contributed by atoms with Crippen molar-refractivity contribution in [2.24, 2.45) is 0 Å². The monoisotopic (exact) mass is 306 g/mol. The molecule has 1 rings (SSSR count). The summed E-state index contributed by atoms with van der Waals surface area (Å²) >= 11 is 0. The van der Waals surface area contributed by atoms with Gasteiger partial charge in [0.1, 0.15) is 12.1 Å². The number of alkyl halides is 3. The number of carbonyl (C=O) groups is 1. The minimum Gasteiger partial charge on any atom is -0.477 e. The molecule has 0 saturated carbocycles. The molecule has 0 unspecified atom stereocenters. The van der Waals surface area contributed by atoms with E-state index in [2.05, 4.69) is 0 Å². The Morgan fingerprint density at radius 2 is 2.00 bits per heavy atom. The maximum Gasteiger partial charge on any atom is 0.405 e. The number of halogens is 3. The maximum atomic E-state index is 12.6. The Morgan fingerprint density at radius 1 is 1.43 bits per heavy atom. The third kappa shape index (κ3) is 4.33. The average Bonchev–Trinajstić information content (AvgIpc) is 2.33. The van der Waals surface area contributed by atoms with Crippen LogP contribution < -0.4 is 4.90 Å². The van der Waals surface area contributed by atoms with Gasteiger partial charge in [-0.15, -0.1) is 0 Å². The van der Waals surface area contributed by atoms with Gasteiger partial charge in [-0.1, -0.05) is 0 Å². The second-order valence-corrected chi connectivity index (χ2v) is 4.60. The molecule has 0 spiro atoms. The number of benzene rings is 1. The molecule has 0 aliphatic heterocycles. The third-order valence-electron chi connectivity index (χ3n) is 2.71. The fraction of sp³-hybridized carbons (Fsp3) is 0.417. The molecule has 21 heavy (non-hydrogen) atoms. The molecule has 0 bridgehead atoms. The lowest BCUT2D eigenvalue weighted by Gasteiger charge is -2.30. The molecule has 1 N–H and O–H groups in total. The van der Waals surface area contributed by atoms with Crippen LogP contribution in [0.3, 0.4) is 0 Å². The van der Waals surface area contributed by atoms with Crippen molar-refractivity contribution in [3.8, 4) is 0 Å². The fourth-order valence-corrected chi connectivity index (χ4v) is 1.80. The summed E-state index contributed by atoms with van der Waals surface area (Å²) in [5.41, 5.74) is -1.35. The van der Waals surface area contributed by atoms with E-state index in [0.717, 1.165) is 23.1 Å². The van der Waals surface area contributed by atoms with Gasteiger partial charge in [-0.05, 0) is 26.0 Å². The number of nitro groups is 1. The van der Waals surface area contributed by atoms with Gasteiger partial charge in [0.15, 0.2) is 0 Å². The molecule has 6 nitrogen and oxygen atoms in total. The van der Waals surface area contributed by atoms with Crippen LogP contribution in [0.1, 0.15) is 24.2 Å². The number of rotatable bonds is 5. The number of carboxylic acids is 1. The van der Waals surface area contributed by atoms with Gasteiger partial charge in [-0.3, -0.25) is 10.1 Å². The first kappa shape index (κ1) is 16.7. The van der Waals surface area contributed by atoms with Crippen LogP contribution in [0, 0.1) is 10.1 Å².